The van der Waals surface area contributed by atoms with Crippen molar-refractivity contribution in [1.29, 1.82) is 5.26 Å². The van der Waals surface area contributed by atoms with Gasteiger partial charge in [-0.1, -0.05) is 78.9 Å². The summed E-state index contributed by atoms with van der Waals surface area (Å²) in [5, 5.41) is 14.8. The molecule has 0 aliphatic rings. The summed E-state index contributed by atoms with van der Waals surface area (Å²) in [4.78, 5) is 3.50. The number of aryl methyl sites for hydroxylation is 2. The number of halogens is 3. The predicted octanol–water partition coefficient (Wildman–Crippen LogP) is 11.6. The zero-order valence-corrected chi connectivity index (χ0v) is 25.9. The number of para-hydroxylation sites is 2. The summed E-state index contributed by atoms with van der Waals surface area (Å²) in [5.74, 6) is 0. The lowest BCUT2D eigenvalue weighted by atomic mass is 9.94. The van der Waals surface area contributed by atoms with Crippen LogP contribution in [0.1, 0.15) is 22.3 Å². The van der Waals surface area contributed by atoms with E-state index in [-0.39, 0.29) is 22.4 Å². The van der Waals surface area contributed by atoms with Crippen LogP contribution >= 0.6 is 0 Å². The zero-order valence-electron chi connectivity index (χ0n) is 25.9. The highest BCUT2D eigenvalue weighted by Gasteiger charge is 2.35. The highest BCUT2D eigenvalue weighted by molar-refractivity contribution is 6.12. The molecule has 0 radical (unpaired) electrons. The van der Waals surface area contributed by atoms with Gasteiger partial charge in [0.05, 0.1) is 51.1 Å². The van der Waals surface area contributed by atoms with E-state index in [1.165, 1.54) is 18.2 Å². The van der Waals surface area contributed by atoms with Crippen molar-refractivity contribution >= 4 is 49.3 Å². The quantitative estimate of drug-likeness (QED) is 0.179. The topological polar surface area (TPSA) is 38.0 Å². The van der Waals surface area contributed by atoms with Gasteiger partial charge >= 0.3 is 6.18 Å². The SMILES string of the molecule is [C-]#[N+]c1cccc(C(F)(F)F)c1-c1cc(C#N)c(-n2c3ccccc3c3ccc(C)cc32)c(-n2c3ccccc3c3ccc(C)cc32)c1. The first-order valence-corrected chi connectivity index (χ1v) is 15.4. The van der Waals surface area contributed by atoms with Crippen LogP contribution in [0.3, 0.4) is 0 Å². The van der Waals surface area contributed by atoms with Crippen LogP contribution in [0, 0.1) is 31.8 Å². The number of hydrogen-bond donors (Lipinski definition) is 0. The van der Waals surface area contributed by atoms with Crippen LogP contribution in [0.15, 0.2) is 115 Å². The van der Waals surface area contributed by atoms with Crippen molar-refractivity contribution in [1.82, 2.24) is 9.13 Å². The third-order valence-electron chi connectivity index (χ3n) is 9.09. The first-order valence-electron chi connectivity index (χ1n) is 15.4. The fraction of sp³-hybridized carbons (Fsp3) is 0.0732. The largest absolute Gasteiger partial charge is 0.415 e. The Kier molecular flexibility index (Phi) is 6.44. The molecule has 0 aliphatic carbocycles. The van der Waals surface area contributed by atoms with E-state index in [1.54, 1.807) is 6.07 Å². The molecule has 8 aromatic rings. The van der Waals surface area contributed by atoms with Gasteiger partial charge in [0.25, 0.3) is 0 Å². The second-order valence-electron chi connectivity index (χ2n) is 12.1. The van der Waals surface area contributed by atoms with Crippen LogP contribution < -0.4 is 0 Å². The average Bonchev–Trinajstić information content (AvgIpc) is 3.58. The monoisotopic (exact) mass is 630 g/mol. The van der Waals surface area contributed by atoms with Crippen molar-refractivity contribution in [2.24, 2.45) is 0 Å². The van der Waals surface area contributed by atoms with Crippen molar-refractivity contribution in [2.45, 2.75) is 20.0 Å². The lowest BCUT2D eigenvalue weighted by molar-refractivity contribution is -0.137. The molecule has 0 amide bonds. The minimum atomic E-state index is -4.73. The maximum atomic E-state index is 14.6. The molecule has 0 saturated carbocycles. The van der Waals surface area contributed by atoms with Crippen LogP contribution in [0.4, 0.5) is 18.9 Å². The average molecular weight is 631 g/mol. The Hall–Kier alpha value is -6.31. The Morgan fingerprint density at radius 3 is 1.79 bits per heavy atom. The molecular formula is C41H25F3N4. The van der Waals surface area contributed by atoms with E-state index in [9.17, 15) is 18.4 Å². The van der Waals surface area contributed by atoms with Crippen molar-refractivity contribution in [3.05, 3.63) is 149 Å². The highest BCUT2D eigenvalue weighted by atomic mass is 19.4. The Morgan fingerprint density at radius 2 is 1.21 bits per heavy atom. The molecule has 0 unspecified atom stereocenters. The molecule has 0 fully saturated rings. The maximum absolute atomic E-state index is 14.6. The second kappa shape index (κ2) is 10.6. The van der Waals surface area contributed by atoms with Gasteiger partial charge in [-0.3, -0.25) is 0 Å². The van der Waals surface area contributed by atoms with Crippen LogP contribution in [0.5, 0.6) is 0 Å². The van der Waals surface area contributed by atoms with Gasteiger partial charge < -0.3 is 9.13 Å². The number of alkyl halides is 3. The molecule has 0 aliphatic heterocycles. The summed E-state index contributed by atoms with van der Waals surface area (Å²) >= 11 is 0. The van der Waals surface area contributed by atoms with Gasteiger partial charge in [-0.2, -0.15) is 18.4 Å². The molecule has 7 heteroatoms. The molecular weight excluding hydrogens is 605 g/mol. The maximum Gasteiger partial charge on any atom is 0.415 e. The van der Waals surface area contributed by atoms with Crippen molar-refractivity contribution in [2.75, 3.05) is 0 Å². The molecule has 0 atom stereocenters. The van der Waals surface area contributed by atoms with E-state index < -0.39 is 11.7 Å². The minimum Gasteiger partial charge on any atom is -0.307 e. The third kappa shape index (κ3) is 4.29. The molecule has 0 spiro atoms. The van der Waals surface area contributed by atoms with E-state index in [2.05, 4.69) is 39.7 Å². The second-order valence-corrected chi connectivity index (χ2v) is 12.1. The molecule has 0 saturated heterocycles. The molecule has 2 aromatic heterocycles. The lowest BCUT2D eigenvalue weighted by Crippen LogP contribution is -2.09. The van der Waals surface area contributed by atoms with E-state index >= 15 is 0 Å². The summed E-state index contributed by atoms with van der Waals surface area (Å²) in [6.07, 6.45) is -4.73. The van der Waals surface area contributed by atoms with Gasteiger partial charge in [0.1, 0.15) is 6.07 Å². The van der Waals surface area contributed by atoms with Gasteiger partial charge in [0.15, 0.2) is 5.69 Å². The molecule has 230 valence electrons. The van der Waals surface area contributed by atoms with Gasteiger partial charge in [-0.05, 0) is 72.5 Å². The molecule has 4 nitrogen and oxygen atoms in total. The van der Waals surface area contributed by atoms with Gasteiger partial charge in [0.2, 0.25) is 0 Å². The molecule has 8 rings (SSSR count). The summed E-state index contributed by atoms with van der Waals surface area (Å²) in [7, 11) is 0. The standard InChI is InChI=1S/C41H25F3N4/c1-24-15-17-30-28-9-4-6-13-34(28)47(36(30)19-24)38-22-26(39-32(41(42,43)44)11-8-12-33(39)46-3)21-27(23-45)40(38)48-35-14-7-5-10-29(35)31-18-16-25(2)20-37(31)48/h4-22H,1-2H3. The lowest BCUT2D eigenvalue weighted by Gasteiger charge is -2.21. The van der Waals surface area contributed by atoms with E-state index in [1.807, 2.05) is 79.1 Å². The minimum absolute atomic E-state index is 0.139. The number of nitriles is 1. The molecule has 0 bridgehead atoms. The van der Waals surface area contributed by atoms with Crippen molar-refractivity contribution in [3.8, 4) is 28.6 Å². The Bertz CT molecular complexity index is 2710. The van der Waals surface area contributed by atoms with E-state index in [0.717, 1.165) is 60.8 Å². The Morgan fingerprint density at radius 1 is 0.646 bits per heavy atom. The fourth-order valence-electron chi connectivity index (χ4n) is 7.09. The Balaban J connectivity index is 1.63. The summed E-state index contributed by atoms with van der Waals surface area (Å²) in [6.45, 7) is 11.8. The van der Waals surface area contributed by atoms with Crippen LogP contribution in [0.25, 0.3) is 71.0 Å². The zero-order chi connectivity index (χ0) is 33.3. The normalized spacial score (nSPS) is 11.8. The van der Waals surface area contributed by atoms with Gasteiger partial charge in [-0.25, -0.2) is 4.85 Å². The number of benzene rings is 6. The summed E-state index contributed by atoms with van der Waals surface area (Å²) < 4.78 is 47.8. The van der Waals surface area contributed by atoms with E-state index in [0.29, 0.717) is 11.4 Å². The molecule has 2 heterocycles. The van der Waals surface area contributed by atoms with Crippen molar-refractivity contribution in [3.63, 3.8) is 0 Å². The highest BCUT2D eigenvalue weighted by Crippen LogP contribution is 2.46. The number of aromatic nitrogens is 2. The molecule has 6 aromatic carbocycles. The predicted molar refractivity (Wildman–Crippen MR) is 186 cm³/mol. The number of hydrogen-bond acceptors (Lipinski definition) is 1. The number of nitrogens with zero attached hydrogens (tertiary/aromatic N) is 4. The van der Waals surface area contributed by atoms with Gasteiger partial charge in [0, 0.05) is 21.5 Å². The Labute approximate surface area is 273 Å². The number of rotatable bonds is 3. The van der Waals surface area contributed by atoms with Crippen molar-refractivity contribution < 1.29 is 13.2 Å². The fourth-order valence-corrected chi connectivity index (χ4v) is 7.09. The first-order chi connectivity index (χ1) is 23.2. The van der Waals surface area contributed by atoms with E-state index in [4.69, 9.17) is 6.57 Å². The molecule has 0 N–H and O–H groups in total. The van der Waals surface area contributed by atoms with Crippen LogP contribution in [-0.2, 0) is 6.18 Å². The van der Waals surface area contributed by atoms with Crippen LogP contribution in [-0.4, -0.2) is 9.13 Å². The summed E-state index contributed by atoms with van der Waals surface area (Å²) in [5.41, 5.74) is 5.52. The first kappa shape index (κ1) is 29.1. The smallest absolute Gasteiger partial charge is 0.307 e. The summed E-state index contributed by atoms with van der Waals surface area (Å²) in [6, 6.07) is 37.3. The van der Waals surface area contributed by atoms with Gasteiger partial charge in [-0.15, -0.1) is 0 Å². The molecule has 48 heavy (non-hydrogen) atoms. The third-order valence-corrected chi connectivity index (χ3v) is 9.09. The number of fused-ring (bicyclic) bond motifs is 6. The van der Waals surface area contributed by atoms with Crippen LogP contribution in [0.2, 0.25) is 0 Å².